The van der Waals surface area contributed by atoms with Crippen molar-refractivity contribution in [1.82, 2.24) is 9.88 Å². The predicted molar refractivity (Wildman–Crippen MR) is 76.1 cm³/mol. The number of hydrogen-bond donors (Lipinski definition) is 1. The van der Waals surface area contributed by atoms with Crippen LogP contribution in [0.5, 0.6) is 0 Å². The first-order valence-corrected chi connectivity index (χ1v) is 7.04. The van der Waals surface area contributed by atoms with Crippen molar-refractivity contribution in [1.29, 1.82) is 0 Å². The van der Waals surface area contributed by atoms with Crippen LogP contribution in [-0.4, -0.2) is 22.3 Å². The standard InChI is InChI=1S/C14H15N3OS/c1-9-16-7-13(19-9)14(18)17-5-4-10-2-3-12(15)6-11(10)8-17/h2-3,6-7H,4-5,8,15H2,1H3. The minimum absolute atomic E-state index is 0.0682. The molecule has 4 nitrogen and oxygen atoms in total. The zero-order chi connectivity index (χ0) is 13.4. The van der Waals surface area contributed by atoms with Crippen molar-refractivity contribution in [2.45, 2.75) is 19.9 Å². The largest absolute Gasteiger partial charge is 0.399 e. The molecule has 0 radical (unpaired) electrons. The van der Waals surface area contributed by atoms with E-state index in [9.17, 15) is 4.79 Å². The number of nitrogens with zero attached hydrogens (tertiary/aromatic N) is 2. The molecule has 2 heterocycles. The molecule has 2 aromatic rings. The van der Waals surface area contributed by atoms with E-state index in [-0.39, 0.29) is 5.91 Å². The molecule has 1 aliphatic rings. The Balaban J connectivity index is 1.83. The first-order chi connectivity index (χ1) is 9.13. The maximum Gasteiger partial charge on any atom is 0.265 e. The number of anilines is 1. The van der Waals surface area contributed by atoms with E-state index in [1.165, 1.54) is 16.9 Å². The Hall–Kier alpha value is -1.88. The van der Waals surface area contributed by atoms with E-state index in [1.54, 1.807) is 6.20 Å². The van der Waals surface area contributed by atoms with Gasteiger partial charge in [0.15, 0.2) is 0 Å². The number of rotatable bonds is 1. The van der Waals surface area contributed by atoms with Crippen molar-refractivity contribution in [3.8, 4) is 0 Å². The highest BCUT2D eigenvalue weighted by Gasteiger charge is 2.23. The lowest BCUT2D eigenvalue weighted by Crippen LogP contribution is -2.35. The van der Waals surface area contributed by atoms with E-state index in [0.29, 0.717) is 11.4 Å². The predicted octanol–water partition coefficient (Wildman–Crippen LogP) is 2.23. The molecule has 0 aliphatic carbocycles. The third-order valence-corrected chi connectivity index (χ3v) is 4.26. The summed E-state index contributed by atoms with van der Waals surface area (Å²) in [5, 5.41) is 0.921. The lowest BCUT2D eigenvalue weighted by Gasteiger charge is -2.28. The van der Waals surface area contributed by atoms with Crippen molar-refractivity contribution in [2.24, 2.45) is 0 Å². The SMILES string of the molecule is Cc1ncc(C(=O)N2CCc3ccc(N)cc3C2)s1. The van der Waals surface area contributed by atoms with Crippen LogP contribution in [0, 0.1) is 6.92 Å². The van der Waals surface area contributed by atoms with E-state index in [1.807, 2.05) is 24.0 Å². The van der Waals surface area contributed by atoms with Gasteiger partial charge in [0.1, 0.15) is 4.88 Å². The first kappa shape index (κ1) is 12.2. The van der Waals surface area contributed by atoms with Gasteiger partial charge in [-0.1, -0.05) is 6.07 Å². The van der Waals surface area contributed by atoms with Gasteiger partial charge >= 0.3 is 0 Å². The molecule has 1 aromatic carbocycles. The molecule has 98 valence electrons. The summed E-state index contributed by atoms with van der Waals surface area (Å²) in [4.78, 5) is 19.1. The van der Waals surface area contributed by atoms with Crippen LogP contribution in [0.4, 0.5) is 5.69 Å². The van der Waals surface area contributed by atoms with Gasteiger partial charge in [0.2, 0.25) is 0 Å². The third kappa shape index (κ3) is 2.33. The summed E-state index contributed by atoms with van der Waals surface area (Å²) in [6.07, 6.45) is 2.55. The average molecular weight is 273 g/mol. The minimum Gasteiger partial charge on any atom is -0.399 e. The van der Waals surface area contributed by atoms with Crippen LogP contribution >= 0.6 is 11.3 Å². The van der Waals surface area contributed by atoms with E-state index in [4.69, 9.17) is 5.73 Å². The van der Waals surface area contributed by atoms with Crippen LogP contribution in [-0.2, 0) is 13.0 Å². The Morgan fingerprint density at radius 3 is 3.00 bits per heavy atom. The van der Waals surface area contributed by atoms with Crippen molar-refractivity contribution in [2.75, 3.05) is 12.3 Å². The zero-order valence-corrected chi connectivity index (χ0v) is 11.5. The highest BCUT2D eigenvalue weighted by atomic mass is 32.1. The molecule has 0 spiro atoms. The van der Waals surface area contributed by atoms with E-state index in [0.717, 1.165) is 29.2 Å². The van der Waals surface area contributed by atoms with Crippen molar-refractivity contribution in [3.63, 3.8) is 0 Å². The summed E-state index contributed by atoms with van der Waals surface area (Å²) < 4.78 is 0. The number of aromatic nitrogens is 1. The Morgan fingerprint density at radius 2 is 2.26 bits per heavy atom. The Labute approximate surface area is 115 Å². The van der Waals surface area contributed by atoms with Crippen molar-refractivity contribution >= 4 is 22.9 Å². The number of benzene rings is 1. The van der Waals surface area contributed by atoms with Crippen LogP contribution in [0.1, 0.15) is 25.8 Å². The molecule has 5 heteroatoms. The summed E-state index contributed by atoms with van der Waals surface area (Å²) in [7, 11) is 0. The number of thiazole rings is 1. The fourth-order valence-corrected chi connectivity index (χ4v) is 3.11. The third-order valence-electron chi connectivity index (χ3n) is 3.36. The van der Waals surface area contributed by atoms with Crippen LogP contribution in [0.25, 0.3) is 0 Å². The van der Waals surface area contributed by atoms with Gasteiger partial charge in [0.25, 0.3) is 5.91 Å². The van der Waals surface area contributed by atoms with E-state index in [2.05, 4.69) is 11.1 Å². The van der Waals surface area contributed by atoms with Gasteiger partial charge in [-0.3, -0.25) is 4.79 Å². The summed E-state index contributed by atoms with van der Waals surface area (Å²) in [5.74, 6) is 0.0682. The molecule has 0 saturated carbocycles. The zero-order valence-electron chi connectivity index (χ0n) is 10.7. The number of nitrogens with two attached hydrogens (primary N) is 1. The number of hydrogen-bond acceptors (Lipinski definition) is 4. The van der Waals surface area contributed by atoms with Gasteiger partial charge in [-0.25, -0.2) is 4.98 Å². The fraction of sp³-hybridized carbons (Fsp3) is 0.286. The number of amides is 1. The van der Waals surface area contributed by atoms with Gasteiger partial charge in [-0.15, -0.1) is 11.3 Å². The second-order valence-corrected chi connectivity index (χ2v) is 5.98. The van der Waals surface area contributed by atoms with Gasteiger partial charge in [-0.2, -0.15) is 0 Å². The van der Waals surface area contributed by atoms with E-state index >= 15 is 0 Å². The number of aryl methyl sites for hydroxylation is 1. The van der Waals surface area contributed by atoms with E-state index < -0.39 is 0 Å². The molecule has 0 saturated heterocycles. The van der Waals surface area contributed by atoms with Crippen molar-refractivity contribution in [3.05, 3.63) is 45.4 Å². The lowest BCUT2D eigenvalue weighted by atomic mass is 9.99. The molecule has 0 unspecified atom stereocenters. The quantitative estimate of drug-likeness (QED) is 0.811. The molecule has 3 rings (SSSR count). The minimum atomic E-state index is 0.0682. The van der Waals surface area contributed by atoms with Crippen LogP contribution < -0.4 is 5.73 Å². The lowest BCUT2D eigenvalue weighted by molar-refractivity contribution is 0.0739. The maximum atomic E-state index is 12.4. The summed E-state index contributed by atoms with van der Waals surface area (Å²) in [6.45, 7) is 3.30. The number of carbonyl (C=O) groups excluding carboxylic acids is 1. The molecule has 0 fully saturated rings. The van der Waals surface area contributed by atoms with Crippen molar-refractivity contribution < 1.29 is 4.79 Å². The molecular weight excluding hydrogens is 258 g/mol. The average Bonchev–Trinajstić information content (AvgIpc) is 2.83. The smallest absolute Gasteiger partial charge is 0.265 e. The molecule has 1 amide bonds. The molecule has 19 heavy (non-hydrogen) atoms. The molecule has 0 atom stereocenters. The molecule has 2 N–H and O–H groups in total. The molecule has 1 aliphatic heterocycles. The first-order valence-electron chi connectivity index (χ1n) is 6.22. The second kappa shape index (κ2) is 4.66. The topological polar surface area (TPSA) is 59.2 Å². The molecular formula is C14H15N3OS. The number of carbonyl (C=O) groups is 1. The monoisotopic (exact) mass is 273 g/mol. The Kier molecular flexibility index (Phi) is 2.98. The van der Waals surface area contributed by atoms with Crippen LogP contribution in [0.2, 0.25) is 0 Å². The highest BCUT2D eigenvalue weighted by Crippen LogP contribution is 2.24. The normalized spacial score (nSPS) is 14.3. The van der Waals surface area contributed by atoms with Gasteiger partial charge in [0.05, 0.1) is 11.2 Å². The fourth-order valence-electron chi connectivity index (χ4n) is 2.37. The Bertz CT molecular complexity index is 635. The number of fused-ring (bicyclic) bond motifs is 1. The van der Waals surface area contributed by atoms with Gasteiger partial charge in [0, 0.05) is 18.8 Å². The Morgan fingerprint density at radius 1 is 1.42 bits per heavy atom. The summed E-state index contributed by atoms with van der Waals surface area (Å²) in [5.41, 5.74) is 9.00. The maximum absolute atomic E-state index is 12.4. The van der Waals surface area contributed by atoms with Crippen LogP contribution in [0.15, 0.2) is 24.4 Å². The number of nitrogen functional groups attached to an aromatic ring is 1. The molecule has 1 aromatic heterocycles. The van der Waals surface area contributed by atoms with Crippen LogP contribution in [0.3, 0.4) is 0 Å². The summed E-state index contributed by atoms with van der Waals surface area (Å²) >= 11 is 1.45. The van der Waals surface area contributed by atoms with Gasteiger partial charge in [-0.05, 0) is 36.6 Å². The summed E-state index contributed by atoms with van der Waals surface area (Å²) in [6, 6.07) is 5.94. The van der Waals surface area contributed by atoms with Gasteiger partial charge < -0.3 is 10.6 Å². The second-order valence-electron chi connectivity index (χ2n) is 4.75. The molecule has 0 bridgehead atoms. The highest BCUT2D eigenvalue weighted by molar-refractivity contribution is 7.13.